The summed E-state index contributed by atoms with van der Waals surface area (Å²) in [5.41, 5.74) is 3.69. The Balaban J connectivity index is 1.36. The molecule has 126 valence electrons. The third-order valence-corrected chi connectivity index (χ3v) is 4.71. The molecule has 0 aromatic heterocycles. The van der Waals surface area contributed by atoms with Gasteiger partial charge in [-0.2, -0.15) is 0 Å². The Labute approximate surface area is 147 Å². The third-order valence-electron chi connectivity index (χ3n) is 4.71. The highest BCUT2D eigenvalue weighted by Gasteiger charge is 2.16. The molecule has 0 aliphatic heterocycles. The lowest BCUT2D eigenvalue weighted by atomic mass is 10.0. The van der Waals surface area contributed by atoms with Crippen LogP contribution in [0.15, 0.2) is 60.7 Å². The second-order valence-electron chi connectivity index (χ2n) is 6.43. The number of carbonyl (C=O) groups excluding carboxylic acids is 1. The quantitative estimate of drug-likeness (QED) is 0.663. The van der Waals surface area contributed by atoms with Crippen LogP contribution in [0.1, 0.15) is 24.0 Å². The van der Waals surface area contributed by atoms with Crippen LogP contribution in [0.4, 0.5) is 5.69 Å². The highest BCUT2D eigenvalue weighted by Crippen LogP contribution is 2.35. The van der Waals surface area contributed by atoms with Gasteiger partial charge in [-0.1, -0.05) is 42.5 Å². The fraction of sp³-hybridized carbons (Fsp3) is 0.227. The lowest BCUT2D eigenvalue weighted by Crippen LogP contribution is -2.13. The molecule has 25 heavy (non-hydrogen) atoms. The van der Waals surface area contributed by atoms with Gasteiger partial charge in [0.15, 0.2) is 0 Å². The van der Waals surface area contributed by atoms with Crippen molar-refractivity contribution in [2.24, 2.45) is 0 Å². The second-order valence-corrected chi connectivity index (χ2v) is 6.43. The van der Waals surface area contributed by atoms with Crippen molar-refractivity contribution < 1.29 is 9.53 Å². The minimum absolute atomic E-state index is 0.0374. The summed E-state index contributed by atoms with van der Waals surface area (Å²) in [5, 5.41) is 5.55. The minimum Gasteiger partial charge on any atom is -0.494 e. The van der Waals surface area contributed by atoms with Gasteiger partial charge in [0, 0.05) is 17.5 Å². The molecule has 3 nitrogen and oxygen atoms in total. The van der Waals surface area contributed by atoms with E-state index in [1.165, 1.54) is 16.5 Å². The Morgan fingerprint density at radius 1 is 0.920 bits per heavy atom. The zero-order chi connectivity index (χ0) is 17.1. The number of rotatable bonds is 6. The van der Waals surface area contributed by atoms with Gasteiger partial charge < -0.3 is 10.1 Å². The number of hydrogen-bond donors (Lipinski definition) is 1. The maximum Gasteiger partial charge on any atom is 0.224 e. The summed E-state index contributed by atoms with van der Waals surface area (Å²) in [7, 11) is 0. The number of hydrogen-bond acceptors (Lipinski definition) is 2. The molecule has 3 aromatic rings. The van der Waals surface area contributed by atoms with Gasteiger partial charge in [0.25, 0.3) is 0 Å². The molecular formula is C22H21NO2. The first-order chi connectivity index (χ1) is 12.3. The van der Waals surface area contributed by atoms with Crippen molar-refractivity contribution in [3.8, 4) is 5.75 Å². The Kier molecular flexibility index (Phi) is 4.38. The van der Waals surface area contributed by atoms with Crippen LogP contribution >= 0.6 is 0 Å². The summed E-state index contributed by atoms with van der Waals surface area (Å²) in [6.45, 7) is 0.543. The van der Waals surface area contributed by atoms with Crippen molar-refractivity contribution in [2.75, 3.05) is 11.9 Å². The van der Waals surface area contributed by atoms with Crippen LogP contribution in [0.3, 0.4) is 0 Å². The second kappa shape index (κ2) is 6.98. The van der Waals surface area contributed by atoms with E-state index in [4.69, 9.17) is 4.74 Å². The predicted octanol–water partition coefficient (Wildman–Crippen LogP) is 4.74. The minimum atomic E-state index is 0.0374. The molecule has 0 heterocycles. The van der Waals surface area contributed by atoms with E-state index in [2.05, 4.69) is 29.6 Å². The van der Waals surface area contributed by atoms with Gasteiger partial charge in [-0.3, -0.25) is 4.79 Å². The molecule has 1 N–H and O–H groups in total. The molecular weight excluding hydrogens is 310 g/mol. The van der Waals surface area contributed by atoms with Crippen LogP contribution < -0.4 is 10.1 Å². The maximum absolute atomic E-state index is 12.3. The highest BCUT2D eigenvalue weighted by atomic mass is 16.5. The molecule has 4 rings (SSSR count). The number of amides is 1. The standard InChI is InChI=1S/C22H21NO2/c24-21(10-5-15-25-18-7-2-1-3-8-18)23-20-14-13-17-12-11-16-6-4-9-19(20)22(16)17/h1-4,6-9,13-14H,5,10-12,15H2,(H,23,24). The first kappa shape index (κ1) is 15.7. The summed E-state index contributed by atoms with van der Waals surface area (Å²) in [4.78, 5) is 12.3. The fourth-order valence-corrected chi connectivity index (χ4v) is 3.51. The van der Waals surface area contributed by atoms with E-state index in [9.17, 15) is 4.79 Å². The molecule has 0 unspecified atom stereocenters. The monoisotopic (exact) mass is 331 g/mol. The third kappa shape index (κ3) is 3.36. The summed E-state index contributed by atoms with van der Waals surface area (Å²) in [6, 6.07) is 20.2. The maximum atomic E-state index is 12.3. The molecule has 3 heteroatoms. The van der Waals surface area contributed by atoms with Gasteiger partial charge >= 0.3 is 0 Å². The van der Waals surface area contributed by atoms with Crippen LogP contribution in [0, 0.1) is 0 Å². The van der Waals surface area contributed by atoms with Gasteiger partial charge in [0.1, 0.15) is 5.75 Å². The topological polar surface area (TPSA) is 38.3 Å². The van der Waals surface area contributed by atoms with Crippen LogP contribution in [-0.4, -0.2) is 12.5 Å². The largest absolute Gasteiger partial charge is 0.494 e. The van der Waals surface area contributed by atoms with Crippen molar-refractivity contribution in [2.45, 2.75) is 25.7 Å². The fourth-order valence-electron chi connectivity index (χ4n) is 3.51. The molecule has 3 aromatic carbocycles. The zero-order valence-corrected chi connectivity index (χ0v) is 14.1. The molecule has 1 aliphatic rings. The molecule has 0 saturated heterocycles. The first-order valence-electron chi connectivity index (χ1n) is 8.82. The highest BCUT2D eigenvalue weighted by molar-refractivity contribution is 6.05. The number of aryl methyl sites for hydroxylation is 2. The normalized spacial score (nSPS) is 12.3. The number of anilines is 1. The number of nitrogens with one attached hydrogen (secondary N) is 1. The Morgan fingerprint density at radius 2 is 1.72 bits per heavy atom. The van der Waals surface area contributed by atoms with Crippen molar-refractivity contribution in [1.82, 2.24) is 0 Å². The van der Waals surface area contributed by atoms with Crippen LogP contribution in [0.5, 0.6) is 5.75 Å². The lowest BCUT2D eigenvalue weighted by Gasteiger charge is -2.11. The van der Waals surface area contributed by atoms with Crippen LogP contribution in [0.2, 0.25) is 0 Å². The van der Waals surface area contributed by atoms with Crippen molar-refractivity contribution in [3.63, 3.8) is 0 Å². The van der Waals surface area contributed by atoms with E-state index in [1.54, 1.807) is 0 Å². The van der Waals surface area contributed by atoms with Gasteiger partial charge in [0.05, 0.1) is 6.61 Å². The molecule has 0 fully saturated rings. The van der Waals surface area contributed by atoms with Gasteiger partial charge in [-0.15, -0.1) is 0 Å². The summed E-state index contributed by atoms with van der Waals surface area (Å²) in [5.74, 6) is 0.880. The molecule has 0 atom stereocenters. The van der Waals surface area contributed by atoms with E-state index >= 15 is 0 Å². The van der Waals surface area contributed by atoms with Gasteiger partial charge in [-0.25, -0.2) is 0 Å². The molecule has 0 radical (unpaired) electrons. The number of carbonyl (C=O) groups is 1. The summed E-state index contributed by atoms with van der Waals surface area (Å²) >= 11 is 0. The molecule has 1 aliphatic carbocycles. The Hall–Kier alpha value is -2.81. The van der Waals surface area contributed by atoms with Crippen molar-refractivity contribution >= 4 is 22.4 Å². The Bertz CT molecular complexity index is 892. The van der Waals surface area contributed by atoms with E-state index < -0.39 is 0 Å². The molecule has 0 saturated carbocycles. The lowest BCUT2D eigenvalue weighted by molar-refractivity contribution is -0.116. The average Bonchev–Trinajstić information content (AvgIpc) is 3.07. The molecule has 1 amide bonds. The first-order valence-corrected chi connectivity index (χ1v) is 8.82. The van der Waals surface area contributed by atoms with E-state index in [0.717, 1.165) is 29.7 Å². The molecule has 0 bridgehead atoms. The number of ether oxygens (including phenoxy) is 1. The van der Waals surface area contributed by atoms with Gasteiger partial charge in [0.2, 0.25) is 5.91 Å². The summed E-state index contributed by atoms with van der Waals surface area (Å²) in [6.07, 6.45) is 3.35. The van der Waals surface area contributed by atoms with Crippen molar-refractivity contribution in [1.29, 1.82) is 0 Å². The van der Waals surface area contributed by atoms with E-state index in [1.807, 2.05) is 36.4 Å². The number of benzene rings is 3. The smallest absolute Gasteiger partial charge is 0.224 e. The zero-order valence-electron chi connectivity index (χ0n) is 14.1. The summed E-state index contributed by atoms with van der Waals surface area (Å²) < 4.78 is 5.64. The average molecular weight is 331 g/mol. The van der Waals surface area contributed by atoms with Crippen molar-refractivity contribution in [3.05, 3.63) is 71.8 Å². The van der Waals surface area contributed by atoms with E-state index in [0.29, 0.717) is 19.4 Å². The SMILES string of the molecule is O=C(CCCOc1ccccc1)Nc1ccc2c3c(cccc13)CC2. The Morgan fingerprint density at radius 3 is 2.56 bits per heavy atom. The molecule has 0 spiro atoms. The van der Waals surface area contributed by atoms with E-state index in [-0.39, 0.29) is 5.91 Å². The number of para-hydroxylation sites is 1. The predicted molar refractivity (Wildman–Crippen MR) is 101 cm³/mol. The van der Waals surface area contributed by atoms with Crippen LogP contribution in [0.25, 0.3) is 10.8 Å². The van der Waals surface area contributed by atoms with Gasteiger partial charge in [-0.05, 0) is 54.0 Å². The van der Waals surface area contributed by atoms with Crippen LogP contribution in [-0.2, 0) is 17.6 Å².